The van der Waals surface area contributed by atoms with Crippen molar-refractivity contribution in [2.24, 2.45) is 0 Å². The zero-order chi connectivity index (χ0) is 30.8. The lowest BCUT2D eigenvalue weighted by Crippen LogP contribution is -2.35. The molecule has 0 N–H and O–H groups in total. The van der Waals surface area contributed by atoms with Crippen LogP contribution in [0.4, 0.5) is 0 Å². The van der Waals surface area contributed by atoms with E-state index in [4.69, 9.17) is 23.1 Å². The highest BCUT2D eigenvalue weighted by Crippen LogP contribution is 2.31. The Morgan fingerprint density at radius 3 is 2.40 bits per heavy atom. The fourth-order valence-corrected chi connectivity index (χ4v) is 6.41. The second kappa shape index (κ2) is 20.1. The van der Waals surface area contributed by atoms with Gasteiger partial charge in [0.1, 0.15) is 19.0 Å². The number of hydrogen-bond donors (Lipinski definition) is 0. The highest BCUT2D eigenvalue weighted by atomic mass is 32.2. The van der Waals surface area contributed by atoms with Gasteiger partial charge in [-0.1, -0.05) is 99.2 Å². The second-order valence-electron chi connectivity index (χ2n) is 11.4. The molecule has 0 aliphatic carbocycles. The van der Waals surface area contributed by atoms with Gasteiger partial charge in [0, 0.05) is 13.7 Å². The largest absolute Gasteiger partial charge is 0.377 e. The third kappa shape index (κ3) is 13.2. The summed E-state index contributed by atoms with van der Waals surface area (Å²) in [4.78, 5) is 0.150. The van der Waals surface area contributed by atoms with Crippen molar-refractivity contribution in [2.75, 3.05) is 20.5 Å². The van der Waals surface area contributed by atoms with Gasteiger partial charge in [0.15, 0.2) is 0 Å². The van der Waals surface area contributed by atoms with E-state index < -0.39 is 16.2 Å². The molecule has 4 atom stereocenters. The van der Waals surface area contributed by atoms with E-state index in [1.807, 2.05) is 37.3 Å². The molecule has 1 heterocycles. The minimum Gasteiger partial charge on any atom is -0.377 e. The molecule has 3 rings (SSSR count). The van der Waals surface area contributed by atoms with Gasteiger partial charge < -0.3 is 18.9 Å². The van der Waals surface area contributed by atoms with Crippen LogP contribution in [0.5, 0.6) is 0 Å². The number of allylic oxidation sites excluding steroid dienone is 1. The van der Waals surface area contributed by atoms with Crippen LogP contribution in [-0.2, 0) is 39.9 Å². The van der Waals surface area contributed by atoms with Crippen molar-refractivity contribution in [2.45, 2.75) is 120 Å². The van der Waals surface area contributed by atoms with Crippen LogP contribution in [-0.4, -0.2) is 53.3 Å². The van der Waals surface area contributed by atoms with E-state index >= 15 is 0 Å². The smallest absolute Gasteiger partial charge is 0.297 e. The Morgan fingerprint density at radius 1 is 0.930 bits per heavy atom. The summed E-state index contributed by atoms with van der Waals surface area (Å²) in [5, 5.41) is 0. The summed E-state index contributed by atoms with van der Waals surface area (Å²) >= 11 is 0. The minimum absolute atomic E-state index is 0.150. The molecule has 0 saturated carbocycles. The maximum absolute atomic E-state index is 13.3. The van der Waals surface area contributed by atoms with Crippen molar-refractivity contribution in [1.82, 2.24) is 0 Å². The van der Waals surface area contributed by atoms with E-state index in [2.05, 4.69) is 19.1 Å². The molecule has 2 aromatic rings. The van der Waals surface area contributed by atoms with Crippen LogP contribution < -0.4 is 0 Å². The van der Waals surface area contributed by atoms with Gasteiger partial charge in [-0.15, -0.1) is 0 Å². The van der Waals surface area contributed by atoms with E-state index in [0.29, 0.717) is 32.5 Å². The Morgan fingerprint density at radius 2 is 1.65 bits per heavy atom. The van der Waals surface area contributed by atoms with Gasteiger partial charge in [-0.2, -0.15) is 8.42 Å². The van der Waals surface area contributed by atoms with E-state index in [1.54, 1.807) is 31.4 Å². The topological polar surface area (TPSA) is 80.3 Å². The maximum atomic E-state index is 13.3. The first-order valence-electron chi connectivity index (χ1n) is 16.0. The summed E-state index contributed by atoms with van der Waals surface area (Å²) in [6, 6.07) is 16.7. The molecule has 1 aliphatic heterocycles. The van der Waals surface area contributed by atoms with Crippen molar-refractivity contribution in [1.29, 1.82) is 0 Å². The SMILES string of the molecule is CCCCCCCC/C=C/[C@@H](OCOC)[C@H]1CC[C@@H]([C@H](CCCOCc2ccccc2)OS(=O)(=O)c2ccc(C)cc2)O1. The van der Waals surface area contributed by atoms with Crippen LogP contribution in [0.1, 0.15) is 88.7 Å². The maximum Gasteiger partial charge on any atom is 0.297 e. The molecule has 2 aromatic carbocycles. The molecule has 1 saturated heterocycles. The van der Waals surface area contributed by atoms with Gasteiger partial charge in [-0.3, -0.25) is 4.18 Å². The monoisotopic (exact) mass is 616 g/mol. The first-order valence-corrected chi connectivity index (χ1v) is 17.4. The van der Waals surface area contributed by atoms with Crippen molar-refractivity contribution in [3.63, 3.8) is 0 Å². The fourth-order valence-electron chi connectivity index (χ4n) is 5.28. The van der Waals surface area contributed by atoms with Gasteiger partial charge in [0.05, 0.1) is 23.7 Å². The summed E-state index contributed by atoms with van der Waals surface area (Å²) in [5.41, 5.74) is 2.09. The van der Waals surface area contributed by atoms with Crippen LogP contribution >= 0.6 is 0 Å². The standard InChI is InChI=1S/C35H52O7S/c1-4-5-6-7-8-9-10-14-18-32(40-28-38-3)33-24-25-34(41-33)35(19-15-26-39-27-30-16-12-11-13-17-30)42-43(36,37)31-22-20-29(2)21-23-31/h11-14,16-18,20-23,32-35H,4-10,15,19,24-28H2,1-3H3/b18-14+/t32-,33-,34+,35+/m1/s1. The Labute approximate surface area is 260 Å². The van der Waals surface area contributed by atoms with Crippen molar-refractivity contribution in [3.05, 3.63) is 77.9 Å². The summed E-state index contributed by atoms with van der Waals surface area (Å²) in [6.45, 7) is 5.33. The van der Waals surface area contributed by atoms with Gasteiger partial charge in [-0.05, 0) is 63.1 Å². The van der Waals surface area contributed by atoms with E-state index in [9.17, 15) is 8.42 Å². The van der Waals surface area contributed by atoms with E-state index in [0.717, 1.165) is 30.4 Å². The first kappa shape index (κ1) is 35.4. The Bertz CT molecular complexity index is 1130. The number of methoxy groups -OCH3 is 1. The van der Waals surface area contributed by atoms with Gasteiger partial charge in [0.25, 0.3) is 10.1 Å². The van der Waals surface area contributed by atoms with Crippen LogP contribution in [0.3, 0.4) is 0 Å². The molecule has 8 heteroatoms. The molecule has 0 amide bonds. The molecule has 1 fully saturated rings. The molecule has 0 radical (unpaired) electrons. The average molecular weight is 617 g/mol. The number of aryl methyl sites for hydroxylation is 1. The van der Waals surface area contributed by atoms with Crippen molar-refractivity contribution >= 4 is 10.1 Å². The number of rotatable bonds is 22. The molecule has 7 nitrogen and oxygen atoms in total. The summed E-state index contributed by atoms with van der Waals surface area (Å²) in [5.74, 6) is 0. The highest BCUT2D eigenvalue weighted by molar-refractivity contribution is 7.86. The Balaban J connectivity index is 1.60. The van der Waals surface area contributed by atoms with E-state index in [-0.39, 0.29) is 30.0 Å². The lowest BCUT2D eigenvalue weighted by molar-refractivity contribution is -0.117. The second-order valence-corrected chi connectivity index (χ2v) is 13.0. The molecule has 0 unspecified atom stereocenters. The Kier molecular flexibility index (Phi) is 16.5. The fraction of sp³-hybridized carbons (Fsp3) is 0.600. The van der Waals surface area contributed by atoms with Gasteiger partial charge >= 0.3 is 0 Å². The van der Waals surface area contributed by atoms with Crippen LogP contribution in [0.15, 0.2) is 71.6 Å². The molecule has 0 spiro atoms. The predicted octanol–water partition coefficient (Wildman–Crippen LogP) is 7.91. The van der Waals surface area contributed by atoms with Crippen molar-refractivity contribution < 1.29 is 31.5 Å². The Hall–Kier alpha value is -2.07. The lowest BCUT2D eigenvalue weighted by Gasteiger charge is -2.26. The molecule has 1 aliphatic rings. The van der Waals surface area contributed by atoms with Crippen molar-refractivity contribution in [3.8, 4) is 0 Å². The summed E-state index contributed by atoms with van der Waals surface area (Å²) < 4.78 is 55.9. The van der Waals surface area contributed by atoms with Crippen LogP contribution in [0.2, 0.25) is 0 Å². The third-order valence-electron chi connectivity index (χ3n) is 7.74. The molecule has 0 aromatic heterocycles. The highest BCUT2D eigenvalue weighted by Gasteiger charge is 2.38. The normalized spacial score (nSPS) is 18.8. The molecule has 0 bridgehead atoms. The predicted molar refractivity (Wildman–Crippen MR) is 170 cm³/mol. The number of benzene rings is 2. The molecule has 43 heavy (non-hydrogen) atoms. The molecular weight excluding hydrogens is 564 g/mol. The number of ether oxygens (including phenoxy) is 4. The first-order chi connectivity index (χ1) is 20.9. The third-order valence-corrected chi connectivity index (χ3v) is 9.09. The molecule has 240 valence electrons. The number of unbranched alkanes of at least 4 members (excludes halogenated alkanes) is 6. The van der Waals surface area contributed by atoms with Crippen LogP contribution in [0.25, 0.3) is 0 Å². The van der Waals surface area contributed by atoms with Gasteiger partial charge in [0.2, 0.25) is 0 Å². The zero-order valence-corrected chi connectivity index (χ0v) is 27.1. The zero-order valence-electron chi connectivity index (χ0n) is 26.3. The minimum atomic E-state index is -3.97. The summed E-state index contributed by atoms with van der Waals surface area (Å²) in [7, 11) is -2.36. The summed E-state index contributed by atoms with van der Waals surface area (Å²) in [6.07, 6.45) is 13.9. The quantitative estimate of drug-likeness (QED) is 0.0576. The average Bonchev–Trinajstić information content (AvgIpc) is 3.50. The molecular formula is C35H52O7S. The van der Waals surface area contributed by atoms with Gasteiger partial charge in [-0.25, -0.2) is 0 Å². The lowest BCUT2D eigenvalue weighted by atomic mass is 10.0. The van der Waals surface area contributed by atoms with E-state index in [1.165, 1.54) is 32.1 Å². The number of hydrogen-bond acceptors (Lipinski definition) is 7. The van der Waals surface area contributed by atoms with Crippen LogP contribution in [0, 0.1) is 6.92 Å².